The van der Waals surface area contributed by atoms with E-state index in [9.17, 15) is 30.3 Å². The van der Waals surface area contributed by atoms with Gasteiger partial charge in [0, 0.05) is 6.42 Å². The SMILES string of the molecule is CC/C=C\C/C=C\C/C=C\C/C=C\C/C=C\C/C=C\C/C=C\CCCCCCCCCCCCCCCCCC(=O)NC(COC1OC(CO)C(O)C(O)C1O)C(O)/C=C/CC/C=C/CC/C=C/CCCC. The van der Waals surface area contributed by atoms with Crippen LogP contribution < -0.4 is 5.32 Å². The smallest absolute Gasteiger partial charge is 0.220 e. The fraction of sp³-hybridized carbons (Fsp3) is 0.667. The highest BCUT2D eigenvalue weighted by Gasteiger charge is 2.44. The van der Waals surface area contributed by atoms with Crippen LogP contribution in [0, 0.1) is 0 Å². The summed E-state index contributed by atoms with van der Waals surface area (Å²) in [6, 6.07) is -0.834. The molecule has 1 fully saturated rings. The molecule has 0 spiro atoms. The molecule has 1 saturated heterocycles. The quantitative estimate of drug-likeness (QED) is 0.0261. The normalized spacial score (nSPS) is 20.1. The highest BCUT2D eigenvalue weighted by Crippen LogP contribution is 2.23. The average Bonchev–Trinajstić information content (AvgIpc) is 3.38. The van der Waals surface area contributed by atoms with Gasteiger partial charge in [0.15, 0.2) is 6.29 Å². The summed E-state index contributed by atoms with van der Waals surface area (Å²) in [5, 5.41) is 54.3. The van der Waals surface area contributed by atoms with Crippen LogP contribution in [0.5, 0.6) is 0 Å². The fourth-order valence-electron chi connectivity index (χ4n) is 8.21. The second-order valence-electron chi connectivity index (χ2n) is 19.3. The maximum Gasteiger partial charge on any atom is 0.220 e. The monoisotopic (exact) mass is 1000 g/mol. The van der Waals surface area contributed by atoms with Gasteiger partial charge in [0.1, 0.15) is 24.4 Å². The van der Waals surface area contributed by atoms with Crippen molar-refractivity contribution in [3.8, 4) is 0 Å². The maximum atomic E-state index is 13.0. The first-order valence-electron chi connectivity index (χ1n) is 28.8. The first-order chi connectivity index (χ1) is 35.3. The number of unbranched alkanes of at least 4 members (excludes halogenated alkanes) is 19. The van der Waals surface area contributed by atoms with Gasteiger partial charge in [-0.1, -0.05) is 232 Å². The van der Waals surface area contributed by atoms with Crippen molar-refractivity contribution in [1.29, 1.82) is 0 Å². The van der Waals surface area contributed by atoms with Crippen LogP contribution in [0.15, 0.2) is 122 Å². The van der Waals surface area contributed by atoms with Crippen molar-refractivity contribution in [2.45, 2.75) is 256 Å². The molecule has 1 rings (SSSR count). The van der Waals surface area contributed by atoms with E-state index in [1.165, 1.54) is 96.3 Å². The van der Waals surface area contributed by atoms with Gasteiger partial charge in [0.05, 0.1) is 25.4 Å². The summed E-state index contributed by atoms with van der Waals surface area (Å²) in [4.78, 5) is 13.0. The highest BCUT2D eigenvalue weighted by atomic mass is 16.7. The number of rotatable bonds is 47. The van der Waals surface area contributed by atoms with E-state index < -0.39 is 49.5 Å². The molecular weight excluding hydrogens is 899 g/mol. The van der Waals surface area contributed by atoms with E-state index in [1.54, 1.807) is 6.08 Å². The molecule has 7 unspecified atom stereocenters. The van der Waals surface area contributed by atoms with E-state index in [2.05, 4.69) is 129 Å². The number of aliphatic hydroxyl groups is 5. The predicted molar refractivity (Wildman–Crippen MR) is 304 cm³/mol. The van der Waals surface area contributed by atoms with Crippen molar-refractivity contribution in [3.63, 3.8) is 0 Å². The van der Waals surface area contributed by atoms with Gasteiger partial charge in [0.2, 0.25) is 5.91 Å². The number of ether oxygens (including phenoxy) is 2. The lowest BCUT2D eigenvalue weighted by Crippen LogP contribution is -2.60. The molecule has 0 aromatic heterocycles. The lowest BCUT2D eigenvalue weighted by atomic mass is 9.99. The second kappa shape index (κ2) is 51.1. The van der Waals surface area contributed by atoms with Crippen molar-refractivity contribution in [3.05, 3.63) is 122 Å². The van der Waals surface area contributed by atoms with Crippen LogP contribution in [0.3, 0.4) is 0 Å². The Morgan fingerprint density at radius 2 is 0.875 bits per heavy atom. The van der Waals surface area contributed by atoms with E-state index in [4.69, 9.17) is 9.47 Å². The molecular formula is C63H105NO8. The maximum absolute atomic E-state index is 13.0. The summed E-state index contributed by atoms with van der Waals surface area (Å²) in [5.41, 5.74) is 0. The van der Waals surface area contributed by atoms with Gasteiger partial charge in [-0.05, 0) is 96.3 Å². The molecule has 72 heavy (non-hydrogen) atoms. The molecule has 9 nitrogen and oxygen atoms in total. The average molecular weight is 1000 g/mol. The highest BCUT2D eigenvalue weighted by molar-refractivity contribution is 5.76. The van der Waals surface area contributed by atoms with Crippen LogP contribution in [-0.2, 0) is 14.3 Å². The summed E-state index contributed by atoms with van der Waals surface area (Å²) in [5.74, 6) is -0.197. The van der Waals surface area contributed by atoms with Gasteiger partial charge < -0.3 is 40.3 Å². The number of nitrogens with one attached hydrogen (secondary N) is 1. The third-order valence-corrected chi connectivity index (χ3v) is 12.7. The third kappa shape index (κ3) is 40.0. The van der Waals surface area contributed by atoms with Crippen molar-refractivity contribution < 1.29 is 39.8 Å². The topological polar surface area (TPSA) is 149 Å². The molecule has 6 N–H and O–H groups in total. The molecule has 0 aromatic carbocycles. The molecule has 0 saturated carbocycles. The minimum Gasteiger partial charge on any atom is -0.394 e. The Morgan fingerprint density at radius 1 is 0.486 bits per heavy atom. The number of amides is 1. The van der Waals surface area contributed by atoms with Gasteiger partial charge in [-0.3, -0.25) is 4.79 Å². The Kier molecular flexibility index (Phi) is 47.3. The van der Waals surface area contributed by atoms with Crippen molar-refractivity contribution in [2.24, 2.45) is 0 Å². The first-order valence-corrected chi connectivity index (χ1v) is 28.8. The number of aliphatic hydroxyl groups excluding tert-OH is 5. The van der Waals surface area contributed by atoms with E-state index in [1.807, 2.05) is 6.08 Å². The third-order valence-electron chi connectivity index (χ3n) is 12.7. The van der Waals surface area contributed by atoms with Crippen LogP contribution in [0.1, 0.15) is 213 Å². The minimum absolute atomic E-state index is 0.197. The zero-order chi connectivity index (χ0) is 52.2. The van der Waals surface area contributed by atoms with Crippen molar-refractivity contribution >= 4 is 5.91 Å². The van der Waals surface area contributed by atoms with Gasteiger partial charge in [0.25, 0.3) is 0 Å². The van der Waals surface area contributed by atoms with Gasteiger partial charge >= 0.3 is 0 Å². The molecule has 7 atom stereocenters. The van der Waals surface area contributed by atoms with Crippen LogP contribution in [0.4, 0.5) is 0 Å². The molecule has 0 aliphatic carbocycles. The fourth-order valence-corrected chi connectivity index (χ4v) is 8.21. The van der Waals surface area contributed by atoms with Gasteiger partial charge in [-0.25, -0.2) is 0 Å². The Balaban J connectivity index is 2.12. The number of carbonyl (C=O) groups is 1. The summed E-state index contributed by atoms with van der Waals surface area (Å²) >= 11 is 0. The van der Waals surface area contributed by atoms with Crippen LogP contribution in [-0.4, -0.2) is 87.5 Å². The summed E-state index contributed by atoms with van der Waals surface area (Å²) in [6.07, 6.45) is 69.9. The first kappa shape index (κ1) is 66.6. The molecule has 410 valence electrons. The predicted octanol–water partition coefficient (Wildman–Crippen LogP) is 14.3. The molecule has 9 heteroatoms. The molecule has 1 aliphatic heterocycles. The molecule has 1 aliphatic rings. The van der Waals surface area contributed by atoms with E-state index in [-0.39, 0.29) is 12.5 Å². The largest absolute Gasteiger partial charge is 0.394 e. The van der Waals surface area contributed by atoms with Gasteiger partial charge in [-0.15, -0.1) is 0 Å². The summed E-state index contributed by atoms with van der Waals surface area (Å²) < 4.78 is 11.2. The molecule has 0 aromatic rings. The summed E-state index contributed by atoms with van der Waals surface area (Å²) in [7, 11) is 0. The molecule has 1 amide bonds. The Morgan fingerprint density at radius 3 is 1.33 bits per heavy atom. The minimum atomic E-state index is -1.58. The lowest BCUT2D eigenvalue weighted by molar-refractivity contribution is -0.302. The summed E-state index contributed by atoms with van der Waals surface area (Å²) in [6.45, 7) is 3.57. The Bertz CT molecular complexity index is 1540. The van der Waals surface area contributed by atoms with Crippen molar-refractivity contribution in [2.75, 3.05) is 13.2 Å². The molecule has 1 heterocycles. The number of allylic oxidation sites excluding steroid dienone is 19. The zero-order valence-corrected chi connectivity index (χ0v) is 45.4. The number of carbonyl (C=O) groups excluding carboxylic acids is 1. The van der Waals surface area contributed by atoms with Gasteiger partial charge in [-0.2, -0.15) is 0 Å². The van der Waals surface area contributed by atoms with Crippen molar-refractivity contribution in [1.82, 2.24) is 5.32 Å². The van der Waals surface area contributed by atoms with E-state index >= 15 is 0 Å². The second-order valence-corrected chi connectivity index (χ2v) is 19.3. The van der Waals surface area contributed by atoms with Crippen LogP contribution >= 0.6 is 0 Å². The Labute approximate surface area is 439 Å². The van der Waals surface area contributed by atoms with Crippen LogP contribution in [0.25, 0.3) is 0 Å². The number of hydrogen-bond acceptors (Lipinski definition) is 8. The molecule has 0 bridgehead atoms. The zero-order valence-electron chi connectivity index (χ0n) is 45.4. The molecule has 0 radical (unpaired) electrons. The van der Waals surface area contributed by atoms with E-state index in [0.29, 0.717) is 6.42 Å². The van der Waals surface area contributed by atoms with Crippen LogP contribution in [0.2, 0.25) is 0 Å². The standard InChI is InChI=1S/C63H105NO8/c1-3-5-7-9-11-13-15-17-18-19-20-21-22-23-24-25-26-27-28-29-30-31-32-33-34-35-36-37-38-39-40-41-43-45-47-49-51-53-59(67)64-56(55-71-63-62(70)61(69)60(68)58(54-65)72-63)57(66)52-50-48-46-44-42-16-14-12-10-8-6-4-2/h5,7,10-13,17-18,20-21,23-24,26-27,29-30,42,44,50,52,56-58,60-63,65-66,68-70H,3-4,6,8-9,14-16,19,22,25,28,31-41,43,45-49,51,53-55H2,1-2H3,(H,64,67)/b7-5-,12-10+,13-11-,18-17-,21-20-,24-23-,27-26-,30-29-,44-42+,52-50+. The van der Waals surface area contributed by atoms with E-state index in [0.717, 1.165) is 96.3 Å². The number of hydrogen-bond donors (Lipinski definition) is 6. The lowest BCUT2D eigenvalue weighted by Gasteiger charge is -2.40. The Hall–Kier alpha value is -3.41.